The normalized spacial score (nSPS) is 14.5. The van der Waals surface area contributed by atoms with E-state index in [0.717, 1.165) is 28.3 Å². The Balaban J connectivity index is 1.41. The molecule has 0 aliphatic carbocycles. The van der Waals surface area contributed by atoms with Gasteiger partial charge in [0.15, 0.2) is 11.9 Å². The van der Waals surface area contributed by atoms with Gasteiger partial charge in [-0.05, 0) is 35.4 Å². The SMILES string of the molecule is COc1ccc(C=CC2Nc3ccccc3-c3nnc(SCc4ccccc4)nc3O2)cc1. The second-order valence-corrected chi connectivity index (χ2v) is 8.33. The zero-order chi connectivity index (χ0) is 22.5. The Bertz CT molecular complexity index is 1260. The number of nitrogens with zero attached hydrogens (tertiary/aromatic N) is 3. The number of para-hydroxylation sites is 1. The smallest absolute Gasteiger partial charge is 0.247 e. The number of ether oxygens (including phenoxy) is 2. The molecule has 7 heteroatoms. The summed E-state index contributed by atoms with van der Waals surface area (Å²) in [7, 11) is 1.66. The van der Waals surface area contributed by atoms with Gasteiger partial charge in [-0.15, -0.1) is 10.2 Å². The van der Waals surface area contributed by atoms with Crippen molar-refractivity contribution in [1.29, 1.82) is 0 Å². The number of benzene rings is 3. The summed E-state index contributed by atoms with van der Waals surface area (Å²) in [5, 5.41) is 12.8. The van der Waals surface area contributed by atoms with Gasteiger partial charge in [0, 0.05) is 17.0 Å². The lowest BCUT2D eigenvalue weighted by Crippen LogP contribution is -2.23. The van der Waals surface area contributed by atoms with Crippen LogP contribution in [0.3, 0.4) is 0 Å². The quantitative estimate of drug-likeness (QED) is 0.376. The number of anilines is 1. The number of methoxy groups -OCH3 is 1. The zero-order valence-electron chi connectivity index (χ0n) is 18.0. The van der Waals surface area contributed by atoms with Crippen LogP contribution in [0.15, 0.2) is 90.1 Å². The molecular weight excluding hydrogens is 432 g/mol. The van der Waals surface area contributed by atoms with Crippen molar-refractivity contribution >= 4 is 23.5 Å². The summed E-state index contributed by atoms with van der Waals surface area (Å²) in [6.07, 6.45) is 3.55. The summed E-state index contributed by atoms with van der Waals surface area (Å²) in [5.41, 5.74) is 4.70. The Labute approximate surface area is 196 Å². The maximum Gasteiger partial charge on any atom is 0.247 e. The lowest BCUT2D eigenvalue weighted by Gasteiger charge is -2.15. The van der Waals surface area contributed by atoms with Gasteiger partial charge < -0.3 is 14.8 Å². The van der Waals surface area contributed by atoms with E-state index in [1.54, 1.807) is 7.11 Å². The number of thioether (sulfide) groups is 1. The van der Waals surface area contributed by atoms with Crippen LogP contribution in [0.25, 0.3) is 17.3 Å². The molecule has 0 spiro atoms. The molecule has 0 radical (unpaired) electrons. The predicted octanol–water partition coefficient (Wildman–Crippen LogP) is 5.68. The van der Waals surface area contributed by atoms with Gasteiger partial charge in [-0.2, -0.15) is 4.98 Å². The van der Waals surface area contributed by atoms with E-state index in [1.807, 2.05) is 78.9 Å². The van der Waals surface area contributed by atoms with Gasteiger partial charge in [0.05, 0.1) is 7.11 Å². The third kappa shape index (κ3) is 4.99. The van der Waals surface area contributed by atoms with E-state index in [1.165, 1.54) is 17.3 Å². The van der Waals surface area contributed by atoms with Crippen molar-refractivity contribution < 1.29 is 9.47 Å². The number of nitrogens with one attached hydrogen (secondary N) is 1. The van der Waals surface area contributed by atoms with Crippen LogP contribution in [0.5, 0.6) is 11.6 Å². The zero-order valence-corrected chi connectivity index (χ0v) is 18.8. The number of hydrogen-bond donors (Lipinski definition) is 1. The molecule has 1 aliphatic heterocycles. The Morgan fingerprint density at radius 3 is 2.58 bits per heavy atom. The van der Waals surface area contributed by atoms with Crippen LogP contribution in [0.4, 0.5) is 5.69 Å². The van der Waals surface area contributed by atoms with Crippen molar-refractivity contribution in [3.8, 4) is 22.9 Å². The Hall–Kier alpha value is -3.84. The van der Waals surface area contributed by atoms with Crippen LogP contribution in [0.1, 0.15) is 11.1 Å². The van der Waals surface area contributed by atoms with Gasteiger partial charge in [0.25, 0.3) is 0 Å². The molecular formula is C26H22N4O2S. The molecule has 3 aromatic carbocycles. The van der Waals surface area contributed by atoms with Gasteiger partial charge in [-0.3, -0.25) is 0 Å². The average Bonchev–Trinajstić information content (AvgIpc) is 3.03. The van der Waals surface area contributed by atoms with Crippen LogP contribution < -0.4 is 14.8 Å². The van der Waals surface area contributed by atoms with E-state index in [9.17, 15) is 0 Å². The van der Waals surface area contributed by atoms with Crippen molar-refractivity contribution in [3.63, 3.8) is 0 Å². The van der Waals surface area contributed by atoms with Gasteiger partial charge in [0.2, 0.25) is 11.0 Å². The minimum atomic E-state index is -0.418. The molecule has 0 saturated carbocycles. The van der Waals surface area contributed by atoms with Crippen LogP contribution in [-0.4, -0.2) is 28.5 Å². The second kappa shape index (κ2) is 9.75. The summed E-state index contributed by atoms with van der Waals surface area (Å²) < 4.78 is 11.5. The second-order valence-electron chi connectivity index (χ2n) is 7.38. The molecule has 5 rings (SSSR count). The van der Waals surface area contributed by atoms with Crippen molar-refractivity contribution in [2.45, 2.75) is 17.1 Å². The van der Waals surface area contributed by atoms with Crippen LogP contribution >= 0.6 is 11.8 Å². The standard InChI is InChI=1S/C26H22N4O2S/c1-31-20-14-11-18(12-15-20)13-16-23-27-22-10-6-5-9-21(22)24-25(32-23)28-26(30-29-24)33-17-19-7-3-2-4-8-19/h2-16,23,27H,17H2,1H3. The summed E-state index contributed by atoms with van der Waals surface area (Å²) in [5.74, 6) is 2.04. The highest BCUT2D eigenvalue weighted by Gasteiger charge is 2.23. The number of aromatic nitrogens is 3. The van der Waals surface area contributed by atoms with Gasteiger partial charge in [-0.1, -0.05) is 78.5 Å². The molecule has 1 unspecified atom stereocenters. The van der Waals surface area contributed by atoms with Crippen molar-refractivity contribution in [2.24, 2.45) is 0 Å². The number of fused-ring (bicyclic) bond motifs is 3. The van der Waals surface area contributed by atoms with Crippen molar-refractivity contribution in [3.05, 3.63) is 96.1 Å². The lowest BCUT2D eigenvalue weighted by atomic mass is 10.1. The van der Waals surface area contributed by atoms with Crippen LogP contribution in [0.2, 0.25) is 0 Å². The minimum Gasteiger partial charge on any atom is -0.497 e. The van der Waals surface area contributed by atoms with E-state index >= 15 is 0 Å². The largest absolute Gasteiger partial charge is 0.497 e. The average molecular weight is 455 g/mol. The van der Waals surface area contributed by atoms with E-state index in [2.05, 4.69) is 27.6 Å². The lowest BCUT2D eigenvalue weighted by molar-refractivity contribution is 0.266. The first-order chi connectivity index (χ1) is 16.3. The van der Waals surface area contributed by atoms with Gasteiger partial charge in [-0.25, -0.2) is 0 Å². The highest BCUT2D eigenvalue weighted by molar-refractivity contribution is 7.98. The molecule has 1 aromatic heterocycles. The third-order valence-corrected chi connectivity index (χ3v) is 6.05. The fourth-order valence-electron chi connectivity index (χ4n) is 3.45. The topological polar surface area (TPSA) is 69.2 Å². The maximum absolute atomic E-state index is 6.25. The third-order valence-electron chi connectivity index (χ3n) is 5.14. The molecule has 164 valence electrons. The first-order valence-corrected chi connectivity index (χ1v) is 11.5. The van der Waals surface area contributed by atoms with Gasteiger partial charge in [0.1, 0.15) is 5.75 Å². The molecule has 0 saturated heterocycles. The van der Waals surface area contributed by atoms with Gasteiger partial charge >= 0.3 is 0 Å². The van der Waals surface area contributed by atoms with Crippen molar-refractivity contribution in [2.75, 3.05) is 12.4 Å². The summed E-state index contributed by atoms with van der Waals surface area (Å²) >= 11 is 1.53. The molecule has 0 bridgehead atoms. The number of hydrogen-bond acceptors (Lipinski definition) is 7. The Kier molecular flexibility index (Phi) is 6.21. The highest BCUT2D eigenvalue weighted by Crippen LogP contribution is 2.36. The molecule has 4 aromatic rings. The maximum atomic E-state index is 6.25. The Morgan fingerprint density at radius 1 is 0.970 bits per heavy atom. The predicted molar refractivity (Wildman–Crippen MR) is 131 cm³/mol. The molecule has 1 aliphatic rings. The Morgan fingerprint density at radius 2 is 1.76 bits per heavy atom. The first-order valence-electron chi connectivity index (χ1n) is 10.5. The van der Waals surface area contributed by atoms with E-state index in [4.69, 9.17) is 14.5 Å². The molecule has 1 N–H and O–H groups in total. The number of rotatable bonds is 6. The summed E-state index contributed by atoms with van der Waals surface area (Å²) in [4.78, 5) is 4.69. The molecule has 0 amide bonds. The first kappa shape index (κ1) is 21.0. The van der Waals surface area contributed by atoms with Crippen molar-refractivity contribution in [1.82, 2.24) is 15.2 Å². The summed E-state index contributed by atoms with van der Waals surface area (Å²) in [6, 6.07) is 26.0. The van der Waals surface area contributed by atoms with Crippen LogP contribution in [0, 0.1) is 0 Å². The highest BCUT2D eigenvalue weighted by atomic mass is 32.2. The molecule has 1 atom stereocenters. The fourth-order valence-corrected chi connectivity index (χ4v) is 4.19. The van der Waals surface area contributed by atoms with E-state index in [0.29, 0.717) is 16.7 Å². The molecule has 2 heterocycles. The van der Waals surface area contributed by atoms with E-state index in [-0.39, 0.29) is 0 Å². The molecule has 0 fully saturated rings. The fraction of sp³-hybridized carbons (Fsp3) is 0.115. The summed E-state index contributed by atoms with van der Waals surface area (Å²) in [6.45, 7) is 0. The molecule has 33 heavy (non-hydrogen) atoms. The minimum absolute atomic E-state index is 0.418. The molecule has 6 nitrogen and oxygen atoms in total. The monoisotopic (exact) mass is 454 g/mol. The van der Waals surface area contributed by atoms with E-state index < -0.39 is 6.23 Å². The van der Waals surface area contributed by atoms with Crippen LogP contribution in [-0.2, 0) is 5.75 Å².